The highest BCUT2D eigenvalue weighted by molar-refractivity contribution is 5.48. The smallest absolute Gasteiger partial charge is 0.277 e. The zero-order valence-electron chi connectivity index (χ0n) is 7.11. The third kappa shape index (κ3) is 0.863. The zero-order valence-corrected chi connectivity index (χ0v) is 7.11. The highest BCUT2D eigenvalue weighted by Crippen LogP contribution is 2.12. The lowest BCUT2D eigenvalue weighted by molar-refractivity contribution is -0.646. The van der Waals surface area contributed by atoms with E-state index in [1.807, 2.05) is 41.5 Å². The molecule has 0 unspecified atom stereocenters. The molecule has 62 valence electrons. The summed E-state index contributed by atoms with van der Waals surface area (Å²) in [5.41, 5.74) is 1.70. The van der Waals surface area contributed by atoms with Gasteiger partial charge in [-0.25, -0.2) is 8.97 Å². The van der Waals surface area contributed by atoms with Crippen LogP contribution in [0.3, 0.4) is 0 Å². The predicted octanol–water partition coefficient (Wildman–Crippen LogP) is 0.146. The summed E-state index contributed by atoms with van der Waals surface area (Å²) in [5.74, 6) is 0.0718. The van der Waals surface area contributed by atoms with Gasteiger partial charge in [0.15, 0.2) is 0 Å². The lowest BCUT2D eigenvalue weighted by Crippen LogP contribution is -2.26. The van der Waals surface area contributed by atoms with Crippen molar-refractivity contribution in [2.45, 2.75) is 6.92 Å². The van der Waals surface area contributed by atoms with Crippen LogP contribution in [0.5, 0.6) is 5.75 Å². The molecular weight excluding hydrogens is 152 g/mol. The van der Waals surface area contributed by atoms with Gasteiger partial charge in [-0.2, -0.15) is 0 Å². The van der Waals surface area contributed by atoms with Crippen LogP contribution in [0, 0.1) is 6.92 Å². The molecule has 0 amide bonds. The van der Waals surface area contributed by atoms with Gasteiger partial charge in [0.1, 0.15) is 12.4 Å². The highest BCUT2D eigenvalue weighted by Gasteiger charge is 2.05. The summed E-state index contributed by atoms with van der Waals surface area (Å²) in [4.78, 5) is 0. The molecule has 0 aromatic carbocycles. The molecule has 2 rings (SSSR count). The number of nitrogens with zero attached hydrogens (tertiary/aromatic N) is 2. The monoisotopic (exact) mass is 162 g/mol. The van der Waals surface area contributed by atoms with E-state index in [2.05, 4.69) is 0 Å². The Morgan fingerprint density at radius 2 is 2.25 bits per heavy atom. The molecule has 12 heavy (non-hydrogen) atoms. The van der Waals surface area contributed by atoms with Crippen molar-refractivity contribution < 1.29 is 9.67 Å². The fraction of sp³-hybridized carbons (Fsp3) is 0.222. The maximum absolute atomic E-state index is 11.4. The van der Waals surface area contributed by atoms with Crippen molar-refractivity contribution in [2.24, 2.45) is 7.05 Å². The average molecular weight is 162 g/mol. The fourth-order valence-corrected chi connectivity index (χ4v) is 1.43. The van der Waals surface area contributed by atoms with E-state index in [9.17, 15) is 5.11 Å². The highest BCUT2D eigenvalue weighted by atomic mass is 16.3. The van der Waals surface area contributed by atoms with E-state index in [4.69, 9.17) is 0 Å². The molecular formula is C9H10N2O. The quantitative estimate of drug-likeness (QED) is 0.507. The minimum Gasteiger partial charge on any atom is -0.867 e. The van der Waals surface area contributed by atoms with Gasteiger partial charge >= 0.3 is 0 Å². The fourth-order valence-electron chi connectivity index (χ4n) is 1.43. The second-order valence-electron chi connectivity index (χ2n) is 3.02. The van der Waals surface area contributed by atoms with Crippen molar-refractivity contribution >= 4 is 5.65 Å². The van der Waals surface area contributed by atoms with Crippen LogP contribution in [-0.4, -0.2) is 4.40 Å². The van der Waals surface area contributed by atoms with Gasteiger partial charge in [-0.15, -0.1) is 0 Å². The number of hydrogen-bond donors (Lipinski definition) is 0. The normalized spacial score (nSPS) is 10.8. The average Bonchev–Trinajstić information content (AvgIpc) is 2.31. The van der Waals surface area contributed by atoms with E-state index in [1.165, 1.54) is 0 Å². The second-order valence-corrected chi connectivity index (χ2v) is 3.02. The molecule has 0 spiro atoms. The summed E-state index contributed by atoms with van der Waals surface area (Å²) in [6, 6.07) is 1.65. The van der Waals surface area contributed by atoms with Gasteiger partial charge in [0, 0.05) is 0 Å². The number of pyridine rings is 1. The van der Waals surface area contributed by atoms with E-state index in [1.54, 1.807) is 6.07 Å². The summed E-state index contributed by atoms with van der Waals surface area (Å²) >= 11 is 0. The number of imidazole rings is 1. The number of hydrogen-bond acceptors (Lipinski definition) is 1. The van der Waals surface area contributed by atoms with E-state index in [0.717, 1.165) is 5.56 Å². The van der Waals surface area contributed by atoms with Gasteiger partial charge in [-0.3, -0.25) is 0 Å². The molecule has 0 fully saturated rings. The molecule has 2 heterocycles. The maximum Gasteiger partial charge on any atom is 0.277 e. The molecule has 3 nitrogen and oxygen atoms in total. The van der Waals surface area contributed by atoms with Gasteiger partial charge in [0.25, 0.3) is 5.65 Å². The Balaban J connectivity index is 2.93. The maximum atomic E-state index is 11.4. The molecule has 0 atom stereocenters. The van der Waals surface area contributed by atoms with Gasteiger partial charge in [-0.1, -0.05) is 6.07 Å². The van der Waals surface area contributed by atoms with Crippen molar-refractivity contribution in [2.75, 3.05) is 0 Å². The van der Waals surface area contributed by atoms with Crippen LogP contribution in [-0.2, 0) is 7.05 Å². The van der Waals surface area contributed by atoms with Crippen LogP contribution in [0.2, 0.25) is 0 Å². The standard InChI is InChI=1S/C9H10N2O/c1-7-5-8(12)9-10(2)3-4-11(9)6-7/h3-6H,1-2H3. The Labute approximate surface area is 70.5 Å². The summed E-state index contributed by atoms with van der Waals surface area (Å²) in [6.07, 6.45) is 5.69. The lowest BCUT2D eigenvalue weighted by atomic mass is 10.3. The molecule has 0 bridgehead atoms. The topological polar surface area (TPSA) is 31.3 Å². The predicted molar refractivity (Wildman–Crippen MR) is 42.8 cm³/mol. The molecule has 3 heteroatoms. The first-order chi connectivity index (χ1) is 5.68. The van der Waals surface area contributed by atoms with E-state index in [-0.39, 0.29) is 5.75 Å². The van der Waals surface area contributed by atoms with Gasteiger partial charge < -0.3 is 5.11 Å². The molecule has 0 saturated carbocycles. The third-order valence-corrected chi connectivity index (χ3v) is 1.95. The lowest BCUT2D eigenvalue weighted by Gasteiger charge is -2.04. The Kier molecular flexibility index (Phi) is 1.33. The summed E-state index contributed by atoms with van der Waals surface area (Å²) in [6.45, 7) is 1.92. The molecule has 0 aliphatic heterocycles. The van der Waals surface area contributed by atoms with Crippen molar-refractivity contribution in [1.82, 2.24) is 4.40 Å². The first kappa shape index (κ1) is 7.16. The van der Waals surface area contributed by atoms with Crippen molar-refractivity contribution in [3.63, 3.8) is 0 Å². The van der Waals surface area contributed by atoms with Crippen LogP contribution in [0.4, 0.5) is 0 Å². The minimum absolute atomic E-state index is 0.0718. The van der Waals surface area contributed by atoms with Crippen LogP contribution in [0.15, 0.2) is 24.7 Å². The van der Waals surface area contributed by atoms with Crippen LogP contribution in [0.1, 0.15) is 5.56 Å². The van der Waals surface area contributed by atoms with E-state index < -0.39 is 0 Å². The van der Waals surface area contributed by atoms with Crippen molar-refractivity contribution in [1.29, 1.82) is 0 Å². The number of aryl methyl sites for hydroxylation is 2. The van der Waals surface area contributed by atoms with Gasteiger partial charge in [0.05, 0.1) is 13.2 Å². The Hall–Kier alpha value is -1.51. The largest absolute Gasteiger partial charge is 0.867 e. The van der Waals surface area contributed by atoms with Gasteiger partial charge in [-0.05, 0) is 18.2 Å². The van der Waals surface area contributed by atoms with E-state index >= 15 is 0 Å². The molecule has 2 aromatic rings. The molecule has 0 radical (unpaired) electrons. The minimum atomic E-state index is 0.0718. The molecule has 2 aromatic heterocycles. The summed E-state index contributed by atoms with van der Waals surface area (Å²) in [7, 11) is 1.87. The van der Waals surface area contributed by atoms with Crippen LogP contribution in [0.25, 0.3) is 5.65 Å². The van der Waals surface area contributed by atoms with Crippen LogP contribution < -0.4 is 9.67 Å². The van der Waals surface area contributed by atoms with Crippen molar-refractivity contribution in [3.8, 4) is 5.75 Å². The Morgan fingerprint density at radius 1 is 1.50 bits per heavy atom. The Morgan fingerprint density at radius 3 is 3.00 bits per heavy atom. The third-order valence-electron chi connectivity index (χ3n) is 1.95. The SMILES string of the molecule is Cc1cc([O-])c2n(cc[n+]2C)c1. The molecule has 0 saturated heterocycles. The molecule has 0 aliphatic rings. The number of rotatable bonds is 0. The van der Waals surface area contributed by atoms with Crippen LogP contribution >= 0.6 is 0 Å². The zero-order chi connectivity index (χ0) is 8.72. The number of fused-ring (bicyclic) bond motifs is 1. The summed E-state index contributed by atoms with van der Waals surface area (Å²) < 4.78 is 3.67. The van der Waals surface area contributed by atoms with Gasteiger partial charge in [0.2, 0.25) is 0 Å². The molecule has 0 aliphatic carbocycles. The summed E-state index contributed by atoms with van der Waals surface area (Å²) in [5, 5.41) is 11.4. The number of aromatic nitrogens is 2. The van der Waals surface area contributed by atoms with E-state index in [0.29, 0.717) is 5.65 Å². The molecule has 0 N–H and O–H groups in total. The first-order valence-corrected chi connectivity index (χ1v) is 3.82. The second kappa shape index (κ2) is 2.24. The first-order valence-electron chi connectivity index (χ1n) is 3.82. The Bertz CT molecular complexity index is 431. The van der Waals surface area contributed by atoms with Crippen molar-refractivity contribution in [3.05, 3.63) is 30.2 Å².